The SMILES string of the molecule is C.C.C.C.C.C.C=C[Si](O[Si](C)(C)C)(O[Si](C)(C)C)O[Si](C)(C)C.CC(C)(C)OC(=O)C1CC2=C[CH+]C1C2.CC1C(=O)OC(=O)C1C1C2CC(C(=O)OC(C)(C)C)C(C2)C1CC(C)[Si](O[Si](C)(C)C)(O[Si](C)(C)C)O[Si](C)(C)C.O=C1C=CC(=O)O1. The Kier molecular flexibility index (Phi) is 35.0. The summed E-state index contributed by atoms with van der Waals surface area (Å²) in [5.74, 6) is -2.66. The Morgan fingerprint density at radius 3 is 1.26 bits per heavy atom. The van der Waals surface area contributed by atoms with Gasteiger partial charge in [-0.1, -0.05) is 58.4 Å². The van der Waals surface area contributed by atoms with Crippen LogP contribution in [0.4, 0.5) is 0 Å². The van der Waals surface area contributed by atoms with Crippen LogP contribution in [-0.4, -0.2) is 115 Å². The highest BCUT2D eigenvalue weighted by molar-refractivity contribution is 6.92. The first-order valence-electron chi connectivity index (χ1n) is 28.8. The Morgan fingerprint density at radius 1 is 0.593 bits per heavy atom. The van der Waals surface area contributed by atoms with Crippen LogP contribution < -0.4 is 0 Å². The monoisotopic (exact) mass is 1350 g/mol. The number of hydrogen-bond acceptors (Lipinski definition) is 16. The number of cyclic esters (lactones) is 4. The van der Waals surface area contributed by atoms with E-state index in [0.29, 0.717) is 18.8 Å². The van der Waals surface area contributed by atoms with Crippen molar-refractivity contribution < 1.29 is 72.4 Å². The first-order valence-corrected chi connectivity index (χ1v) is 52.8. The Hall–Kier alpha value is -2.19. The van der Waals surface area contributed by atoms with Crippen molar-refractivity contribution in [2.75, 3.05) is 0 Å². The highest BCUT2D eigenvalue weighted by Crippen LogP contribution is 2.62. The molecule has 0 aromatic heterocycles. The van der Waals surface area contributed by atoms with Gasteiger partial charge in [-0.05, 0) is 208 Å². The summed E-state index contributed by atoms with van der Waals surface area (Å²) in [6.07, 6.45) is 10.7. The van der Waals surface area contributed by atoms with Crippen LogP contribution in [0.1, 0.15) is 132 Å². The molecular weight excluding hydrogens is 1230 g/mol. The van der Waals surface area contributed by atoms with Gasteiger partial charge >= 0.3 is 53.4 Å². The summed E-state index contributed by atoms with van der Waals surface area (Å²) >= 11 is 0. The van der Waals surface area contributed by atoms with Gasteiger partial charge in [-0.15, -0.1) is 6.58 Å². The summed E-state index contributed by atoms with van der Waals surface area (Å²) in [5.41, 5.74) is 2.27. The van der Waals surface area contributed by atoms with Gasteiger partial charge < -0.3 is 43.6 Å². The standard InChI is InChI=1S/C29H56O8Si4.C12H17O2.C11H30O3Si4.C4H2O3.6CH4/c1-18(41(35-38(6,7)8,36-39(9,10)11)37-40(12,13)14)15-22-21-16-20(17-23(21)27(31)34-29(3,4)5)25(22)24-19(2)26(30)33-28(24)32;1-12(2,3)14-11(13)10-7-8-4-5-9(10)6-8;1-11-18(12-15(2,3)4,13-16(5,6)7)14-17(8,9)10;5-3-1-2-4(6)7-3;;;;;;/h18-25H,15-17H2,1-14H3;4-5,9-10H,6-7H2,1-3H3;11H,1H2,2-10H3;1-2H;6*1H4/q;+1;;;;;;;;. The lowest BCUT2D eigenvalue weighted by atomic mass is 9.65. The number of carbonyl (C=O) groups excluding carboxylic acids is 6. The number of esters is 6. The van der Waals surface area contributed by atoms with Crippen molar-refractivity contribution in [1.29, 1.82) is 0 Å². The maximum absolute atomic E-state index is 13.4. The highest BCUT2D eigenvalue weighted by Gasteiger charge is 2.64. The molecule has 4 fully saturated rings. The molecule has 16 nitrogen and oxygen atoms in total. The zero-order valence-electron chi connectivity index (χ0n) is 53.9. The van der Waals surface area contributed by atoms with Gasteiger partial charge in [-0.25, -0.2) is 9.59 Å². The average Bonchev–Trinajstić information content (AvgIpc) is 4.07. The third-order valence-electron chi connectivity index (χ3n) is 13.3. The second-order valence-electron chi connectivity index (χ2n) is 30.5. The number of allylic oxidation sites excluding steroid dienone is 2. The summed E-state index contributed by atoms with van der Waals surface area (Å²) in [6.45, 7) is 58.5. The molecule has 86 heavy (non-hydrogen) atoms. The maximum atomic E-state index is 13.4. The van der Waals surface area contributed by atoms with E-state index in [9.17, 15) is 28.8 Å². The first kappa shape index (κ1) is 90.2. The molecule has 4 bridgehead atoms. The largest absolute Gasteiger partial charge is 0.497 e. The molecule has 0 radical (unpaired) electrons. The van der Waals surface area contributed by atoms with E-state index in [1.807, 2.05) is 54.2 Å². The number of fused-ring (bicyclic) bond motifs is 4. The van der Waals surface area contributed by atoms with Gasteiger partial charge in [-0.3, -0.25) is 19.2 Å². The van der Waals surface area contributed by atoms with E-state index in [-0.39, 0.29) is 103 Å². The van der Waals surface area contributed by atoms with Gasteiger partial charge in [0.05, 0.1) is 48.2 Å². The number of hydrogen-bond donors (Lipinski definition) is 0. The number of ether oxygens (including phenoxy) is 4. The fourth-order valence-electron chi connectivity index (χ4n) is 11.3. The molecule has 10 atom stereocenters. The molecule has 4 aliphatic carbocycles. The molecule has 0 N–H and O–H groups in total. The van der Waals surface area contributed by atoms with Crippen LogP contribution in [0.2, 0.25) is 123 Å². The van der Waals surface area contributed by atoms with E-state index in [1.165, 1.54) is 5.57 Å². The summed E-state index contributed by atoms with van der Waals surface area (Å²) in [6, 6.07) is 0. The molecular formula is C62H129O16Si8+. The lowest BCUT2D eigenvalue weighted by molar-refractivity contribution is -0.164. The average molecular weight is 1360 g/mol. The van der Waals surface area contributed by atoms with E-state index in [0.717, 1.165) is 31.4 Å². The molecule has 2 heterocycles. The van der Waals surface area contributed by atoms with Gasteiger partial charge in [-0.2, -0.15) is 0 Å². The topological polar surface area (TPSA) is 195 Å². The maximum Gasteiger partial charge on any atom is 0.497 e. The van der Waals surface area contributed by atoms with Gasteiger partial charge in [0.1, 0.15) is 17.1 Å². The molecule has 24 heteroatoms. The Balaban J connectivity index is -0.000000616. The van der Waals surface area contributed by atoms with Crippen LogP contribution in [0.5, 0.6) is 0 Å². The van der Waals surface area contributed by atoms with E-state index >= 15 is 0 Å². The quantitative estimate of drug-likeness (QED) is 0.0389. The predicted octanol–water partition coefficient (Wildman–Crippen LogP) is 17.0. The molecule has 2 aliphatic heterocycles. The fourth-order valence-corrected chi connectivity index (χ4v) is 39.0. The van der Waals surface area contributed by atoms with Gasteiger partial charge in [0.25, 0.3) is 0 Å². The Bertz CT molecular complexity index is 2190. The minimum Gasteiger partial charge on any atom is -0.460 e. The van der Waals surface area contributed by atoms with Crippen LogP contribution in [0, 0.1) is 59.7 Å². The third-order valence-corrected chi connectivity index (χ3v) is 36.7. The zero-order valence-corrected chi connectivity index (χ0v) is 61.9. The van der Waals surface area contributed by atoms with E-state index < -0.39 is 109 Å². The molecule has 0 aromatic carbocycles. The molecule has 1 saturated heterocycles. The van der Waals surface area contributed by atoms with Crippen LogP contribution in [0.15, 0.2) is 36.1 Å². The first-order chi connectivity index (χ1) is 35.7. The van der Waals surface area contributed by atoms with Gasteiger partial charge in [0, 0.05) is 24.1 Å². The van der Waals surface area contributed by atoms with E-state index in [4.69, 9.17) is 38.9 Å². The minimum absolute atomic E-state index is 0. The molecule has 0 spiro atoms. The molecule has 10 unspecified atom stereocenters. The normalized spacial score (nSPS) is 24.6. The minimum atomic E-state index is -3.22. The number of carbonyl (C=O) groups is 6. The lowest BCUT2D eigenvalue weighted by Crippen LogP contribution is -2.63. The van der Waals surface area contributed by atoms with Crippen LogP contribution >= 0.6 is 0 Å². The van der Waals surface area contributed by atoms with Gasteiger partial charge in [0.15, 0.2) is 49.9 Å². The van der Waals surface area contributed by atoms with Crippen LogP contribution in [0.25, 0.3) is 0 Å². The Labute approximate surface area is 535 Å². The van der Waals surface area contributed by atoms with E-state index in [2.05, 4.69) is 149 Å². The van der Waals surface area contributed by atoms with Crippen LogP contribution in [0.3, 0.4) is 0 Å². The molecule has 0 aromatic rings. The molecule has 6 aliphatic rings. The van der Waals surface area contributed by atoms with Crippen molar-refractivity contribution in [2.45, 2.75) is 267 Å². The zero-order chi connectivity index (χ0) is 62.0. The van der Waals surface area contributed by atoms with Crippen molar-refractivity contribution >= 4 is 103 Å². The highest BCUT2D eigenvalue weighted by atomic mass is 28.5. The van der Waals surface area contributed by atoms with Crippen molar-refractivity contribution in [2.24, 2.45) is 53.3 Å². The van der Waals surface area contributed by atoms with Gasteiger partial charge in [0.2, 0.25) is 0 Å². The molecule has 0 amide bonds. The third kappa shape index (κ3) is 29.4. The lowest BCUT2D eigenvalue weighted by Gasteiger charge is -2.47. The van der Waals surface area contributed by atoms with Crippen LogP contribution in [-0.2, 0) is 72.4 Å². The predicted molar refractivity (Wildman–Crippen MR) is 374 cm³/mol. The van der Waals surface area contributed by atoms with Crippen molar-refractivity contribution in [3.63, 3.8) is 0 Å². The second-order valence-corrected chi connectivity index (χ2v) is 64.5. The number of rotatable bonds is 19. The summed E-state index contributed by atoms with van der Waals surface area (Å²) in [5, 5.41) is 0. The molecule has 504 valence electrons. The Morgan fingerprint density at radius 2 is 0.977 bits per heavy atom. The summed E-state index contributed by atoms with van der Waals surface area (Å²) in [7, 11) is -17.4. The molecule has 6 rings (SSSR count). The summed E-state index contributed by atoms with van der Waals surface area (Å²) in [4.78, 5) is 70.6. The molecule has 3 saturated carbocycles. The summed E-state index contributed by atoms with van der Waals surface area (Å²) < 4.78 is 60.5. The van der Waals surface area contributed by atoms with Crippen molar-refractivity contribution in [3.8, 4) is 0 Å². The van der Waals surface area contributed by atoms with Crippen molar-refractivity contribution in [1.82, 2.24) is 0 Å². The van der Waals surface area contributed by atoms with E-state index in [1.54, 1.807) is 0 Å². The second kappa shape index (κ2) is 33.4. The van der Waals surface area contributed by atoms with Crippen molar-refractivity contribution in [3.05, 3.63) is 42.5 Å². The fraction of sp³-hybridized carbons (Fsp3) is 0.790. The smallest absolute Gasteiger partial charge is 0.460 e.